The average molecular weight is 237 g/mol. The molecular formula is C13H19NO3. The molecule has 2 heterocycles. The van der Waals surface area contributed by atoms with Gasteiger partial charge >= 0.3 is 0 Å². The standard InChI is InChI=1S/C13H19NO3/c1-9-12(4-5-13(14-9)15-3)17-8-11-6-7-16-10(11)2/h4-5,10-11H,6-8H2,1-3H3. The second-order valence-electron chi connectivity index (χ2n) is 4.37. The molecule has 0 bridgehead atoms. The van der Waals surface area contributed by atoms with Crippen molar-refractivity contribution in [2.45, 2.75) is 26.4 Å². The maximum atomic E-state index is 5.79. The summed E-state index contributed by atoms with van der Waals surface area (Å²) in [5, 5.41) is 0. The number of hydrogen-bond donors (Lipinski definition) is 0. The molecule has 0 N–H and O–H groups in total. The molecule has 1 aromatic heterocycles. The number of methoxy groups -OCH3 is 1. The van der Waals surface area contributed by atoms with E-state index in [1.165, 1.54) is 0 Å². The third-order valence-corrected chi connectivity index (χ3v) is 3.21. The van der Waals surface area contributed by atoms with Gasteiger partial charge in [0.15, 0.2) is 0 Å². The molecule has 0 aliphatic carbocycles. The van der Waals surface area contributed by atoms with Crippen LogP contribution in [0.4, 0.5) is 0 Å². The highest BCUT2D eigenvalue weighted by Crippen LogP contribution is 2.24. The van der Waals surface area contributed by atoms with E-state index in [4.69, 9.17) is 14.2 Å². The zero-order valence-corrected chi connectivity index (χ0v) is 10.6. The molecule has 0 amide bonds. The van der Waals surface area contributed by atoms with E-state index in [2.05, 4.69) is 11.9 Å². The predicted octanol–water partition coefficient (Wildman–Crippen LogP) is 2.20. The Morgan fingerprint density at radius 1 is 1.47 bits per heavy atom. The zero-order chi connectivity index (χ0) is 12.3. The highest BCUT2D eigenvalue weighted by atomic mass is 16.5. The molecule has 4 nitrogen and oxygen atoms in total. The maximum Gasteiger partial charge on any atom is 0.213 e. The van der Waals surface area contributed by atoms with Crippen molar-refractivity contribution in [2.75, 3.05) is 20.3 Å². The molecule has 0 spiro atoms. The Balaban J connectivity index is 1.94. The molecule has 1 aliphatic heterocycles. The lowest BCUT2D eigenvalue weighted by molar-refractivity contribution is 0.0903. The smallest absolute Gasteiger partial charge is 0.213 e. The lowest BCUT2D eigenvalue weighted by atomic mass is 10.0. The Labute approximate surface area is 102 Å². The molecule has 1 aliphatic rings. The molecule has 94 valence electrons. The van der Waals surface area contributed by atoms with Crippen molar-refractivity contribution in [3.63, 3.8) is 0 Å². The van der Waals surface area contributed by atoms with Gasteiger partial charge in [0.2, 0.25) is 5.88 Å². The second-order valence-corrected chi connectivity index (χ2v) is 4.37. The van der Waals surface area contributed by atoms with Crippen molar-refractivity contribution < 1.29 is 14.2 Å². The molecule has 1 fully saturated rings. The molecule has 2 unspecified atom stereocenters. The minimum absolute atomic E-state index is 0.293. The maximum absolute atomic E-state index is 5.79. The summed E-state index contributed by atoms with van der Waals surface area (Å²) in [6.45, 7) is 5.55. The topological polar surface area (TPSA) is 40.6 Å². The van der Waals surface area contributed by atoms with E-state index in [9.17, 15) is 0 Å². The van der Waals surface area contributed by atoms with Crippen molar-refractivity contribution in [1.82, 2.24) is 4.98 Å². The SMILES string of the molecule is COc1ccc(OCC2CCOC2C)c(C)n1. The van der Waals surface area contributed by atoms with Gasteiger partial charge in [0.25, 0.3) is 0 Å². The minimum atomic E-state index is 0.293. The fraction of sp³-hybridized carbons (Fsp3) is 0.615. The summed E-state index contributed by atoms with van der Waals surface area (Å²) in [4.78, 5) is 4.28. The van der Waals surface area contributed by atoms with Crippen LogP contribution in [0.1, 0.15) is 19.0 Å². The predicted molar refractivity (Wildman–Crippen MR) is 64.5 cm³/mol. The first kappa shape index (κ1) is 12.2. The van der Waals surface area contributed by atoms with Crippen molar-refractivity contribution in [1.29, 1.82) is 0 Å². The van der Waals surface area contributed by atoms with Crippen molar-refractivity contribution in [3.8, 4) is 11.6 Å². The summed E-state index contributed by atoms with van der Waals surface area (Å²) in [7, 11) is 1.61. The minimum Gasteiger partial charge on any atom is -0.491 e. The van der Waals surface area contributed by atoms with E-state index < -0.39 is 0 Å². The first-order valence-electron chi connectivity index (χ1n) is 5.96. The molecule has 0 radical (unpaired) electrons. The van der Waals surface area contributed by atoms with Gasteiger partial charge in [-0.15, -0.1) is 0 Å². The zero-order valence-electron chi connectivity index (χ0n) is 10.6. The Morgan fingerprint density at radius 2 is 2.29 bits per heavy atom. The van der Waals surface area contributed by atoms with Crippen molar-refractivity contribution in [2.24, 2.45) is 5.92 Å². The summed E-state index contributed by atoms with van der Waals surface area (Å²) in [6, 6.07) is 3.72. The molecule has 17 heavy (non-hydrogen) atoms. The summed E-state index contributed by atoms with van der Waals surface area (Å²) in [6.07, 6.45) is 1.37. The number of hydrogen-bond acceptors (Lipinski definition) is 4. The summed E-state index contributed by atoms with van der Waals surface area (Å²) in [5.41, 5.74) is 0.857. The third kappa shape index (κ3) is 2.88. The van der Waals surface area contributed by atoms with Gasteiger partial charge in [0.05, 0.1) is 25.5 Å². The summed E-state index contributed by atoms with van der Waals surface area (Å²) in [5.74, 6) is 1.92. The number of nitrogens with zero attached hydrogens (tertiary/aromatic N) is 1. The number of ether oxygens (including phenoxy) is 3. The van der Waals surface area contributed by atoms with Gasteiger partial charge in [-0.25, -0.2) is 4.98 Å². The molecule has 2 rings (SSSR count). The summed E-state index contributed by atoms with van der Waals surface area (Å²) >= 11 is 0. The Hall–Kier alpha value is -1.29. The third-order valence-electron chi connectivity index (χ3n) is 3.21. The first-order valence-corrected chi connectivity index (χ1v) is 5.96. The molecule has 0 aromatic carbocycles. The fourth-order valence-corrected chi connectivity index (χ4v) is 1.98. The molecule has 0 saturated carbocycles. The number of aromatic nitrogens is 1. The van der Waals surface area contributed by atoms with Gasteiger partial charge < -0.3 is 14.2 Å². The van der Waals surface area contributed by atoms with Crippen LogP contribution in [-0.4, -0.2) is 31.4 Å². The number of pyridine rings is 1. The van der Waals surface area contributed by atoms with E-state index >= 15 is 0 Å². The Kier molecular flexibility index (Phi) is 3.84. The van der Waals surface area contributed by atoms with E-state index in [1.807, 2.05) is 19.1 Å². The first-order chi connectivity index (χ1) is 8.20. The molecular weight excluding hydrogens is 218 g/mol. The van der Waals surface area contributed by atoms with Gasteiger partial charge in [-0.1, -0.05) is 0 Å². The monoisotopic (exact) mass is 237 g/mol. The van der Waals surface area contributed by atoms with E-state index in [-0.39, 0.29) is 0 Å². The van der Waals surface area contributed by atoms with Crippen molar-refractivity contribution in [3.05, 3.63) is 17.8 Å². The summed E-state index contributed by atoms with van der Waals surface area (Å²) < 4.78 is 16.4. The van der Waals surface area contributed by atoms with Crippen LogP contribution < -0.4 is 9.47 Å². The van der Waals surface area contributed by atoms with Crippen LogP contribution in [0.15, 0.2) is 12.1 Å². The normalized spacial score (nSPS) is 23.7. The van der Waals surface area contributed by atoms with Gasteiger partial charge in [0.1, 0.15) is 5.75 Å². The van der Waals surface area contributed by atoms with E-state index in [0.717, 1.165) is 24.5 Å². The fourth-order valence-electron chi connectivity index (χ4n) is 1.98. The van der Waals surface area contributed by atoms with E-state index in [0.29, 0.717) is 24.5 Å². The van der Waals surface area contributed by atoms with Gasteiger partial charge in [-0.05, 0) is 26.3 Å². The van der Waals surface area contributed by atoms with Crippen LogP contribution in [0.3, 0.4) is 0 Å². The largest absolute Gasteiger partial charge is 0.491 e. The van der Waals surface area contributed by atoms with E-state index in [1.54, 1.807) is 7.11 Å². The van der Waals surface area contributed by atoms with Crippen molar-refractivity contribution >= 4 is 0 Å². The second kappa shape index (κ2) is 5.36. The highest BCUT2D eigenvalue weighted by Gasteiger charge is 2.24. The van der Waals surface area contributed by atoms with Gasteiger partial charge in [-0.3, -0.25) is 0 Å². The number of rotatable bonds is 4. The van der Waals surface area contributed by atoms with Crippen LogP contribution in [0, 0.1) is 12.8 Å². The lowest BCUT2D eigenvalue weighted by Crippen LogP contribution is -2.19. The lowest BCUT2D eigenvalue weighted by Gasteiger charge is -2.16. The van der Waals surface area contributed by atoms with Crippen LogP contribution in [0.2, 0.25) is 0 Å². The van der Waals surface area contributed by atoms with Crippen LogP contribution in [-0.2, 0) is 4.74 Å². The van der Waals surface area contributed by atoms with Gasteiger partial charge in [0, 0.05) is 18.6 Å². The van der Waals surface area contributed by atoms with Gasteiger partial charge in [-0.2, -0.15) is 0 Å². The van der Waals surface area contributed by atoms with Crippen LogP contribution >= 0.6 is 0 Å². The Morgan fingerprint density at radius 3 is 2.88 bits per heavy atom. The molecule has 4 heteroatoms. The molecule has 1 saturated heterocycles. The van der Waals surface area contributed by atoms with Crippen LogP contribution in [0.25, 0.3) is 0 Å². The average Bonchev–Trinajstić information content (AvgIpc) is 2.73. The number of aryl methyl sites for hydroxylation is 1. The Bertz CT molecular complexity index is 381. The highest BCUT2D eigenvalue weighted by molar-refractivity contribution is 5.30. The molecule has 2 atom stereocenters. The quantitative estimate of drug-likeness (QED) is 0.805. The molecule has 1 aromatic rings. The van der Waals surface area contributed by atoms with Crippen LogP contribution in [0.5, 0.6) is 11.6 Å².